The molecular formula is C36H38ClN5O5S2. The first-order chi connectivity index (χ1) is 23.1. The summed E-state index contributed by atoms with van der Waals surface area (Å²) in [4.78, 5) is 40.5. The Kier molecular flexibility index (Phi) is 12.0. The summed E-state index contributed by atoms with van der Waals surface area (Å²) in [6, 6.07) is 18.1. The van der Waals surface area contributed by atoms with Crippen LogP contribution < -0.4 is 21.7 Å². The van der Waals surface area contributed by atoms with Crippen molar-refractivity contribution in [2.24, 2.45) is 0 Å². The Labute approximate surface area is 298 Å². The molecule has 5 aromatic rings. The van der Waals surface area contributed by atoms with E-state index in [-0.39, 0.29) is 5.91 Å². The van der Waals surface area contributed by atoms with Gasteiger partial charge in [0.15, 0.2) is 0 Å². The van der Waals surface area contributed by atoms with Crippen molar-refractivity contribution < 1.29 is 23.9 Å². The van der Waals surface area contributed by atoms with Crippen molar-refractivity contribution in [3.05, 3.63) is 99.1 Å². The lowest BCUT2D eigenvalue weighted by molar-refractivity contribution is 0.0624. The number of hydrogen-bond donors (Lipinski definition) is 4. The largest absolute Gasteiger partial charge is 0.444 e. The first-order valence-corrected chi connectivity index (χ1v) is 17.3. The van der Waals surface area contributed by atoms with E-state index in [9.17, 15) is 14.4 Å². The molecule has 0 radical (unpaired) electrons. The Bertz CT molecular complexity index is 1880. The molecule has 3 aromatic heterocycles. The summed E-state index contributed by atoms with van der Waals surface area (Å²) >= 11 is 8.99. The highest BCUT2D eigenvalue weighted by Gasteiger charge is 2.19. The molecule has 0 saturated carbocycles. The number of carbonyl (C=O) groups is 3. The molecule has 3 heterocycles. The van der Waals surface area contributed by atoms with Crippen molar-refractivity contribution in [3.8, 4) is 22.3 Å². The van der Waals surface area contributed by atoms with Gasteiger partial charge in [-0.05, 0) is 134 Å². The predicted molar refractivity (Wildman–Crippen MR) is 201 cm³/mol. The van der Waals surface area contributed by atoms with E-state index in [1.165, 1.54) is 12.3 Å². The fraction of sp³-hybridized carbons (Fsp3) is 0.222. The fourth-order valence-corrected chi connectivity index (χ4v) is 5.62. The maximum Gasteiger partial charge on any atom is 0.412 e. The van der Waals surface area contributed by atoms with Crippen LogP contribution in [0, 0.1) is 0 Å². The minimum Gasteiger partial charge on any atom is -0.444 e. The van der Waals surface area contributed by atoms with E-state index in [4.69, 9.17) is 26.8 Å². The minimum absolute atomic E-state index is 0.299. The zero-order chi connectivity index (χ0) is 35.8. The van der Waals surface area contributed by atoms with Crippen LogP contribution in [0.5, 0.6) is 0 Å². The van der Waals surface area contributed by atoms with Crippen molar-refractivity contribution in [2.75, 3.05) is 21.7 Å². The lowest BCUT2D eigenvalue weighted by Gasteiger charge is -2.21. The maximum absolute atomic E-state index is 12.7. The third-order valence-corrected chi connectivity index (χ3v) is 7.88. The van der Waals surface area contributed by atoms with Gasteiger partial charge in [-0.25, -0.2) is 14.6 Å². The Morgan fingerprint density at radius 1 is 0.673 bits per heavy atom. The molecule has 0 unspecified atom stereocenters. The minimum atomic E-state index is -0.640. The SMILES string of the molecule is CC(C)(C)OC(=O)Nc1ccc(-c2ccsc2)cc1N.CC(C)(C)OC(=O)Nc1ccc(-c2ccsc2)cc1NC(=O)c1ccc(Cl)nc1. The molecule has 2 aromatic carbocycles. The number of ether oxygens (including phenoxy) is 2. The van der Waals surface area contributed by atoms with Crippen LogP contribution in [-0.2, 0) is 9.47 Å². The number of halogens is 1. The van der Waals surface area contributed by atoms with Crippen LogP contribution in [0.15, 0.2) is 88.4 Å². The monoisotopic (exact) mass is 719 g/mol. The zero-order valence-electron chi connectivity index (χ0n) is 27.9. The predicted octanol–water partition coefficient (Wildman–Crippen LogP) is 10.4. The molecule has 0 spiro atoms. The highest BCUT2D eigenvalue weighted by atomic mass is 35.5. The first kappa shape index (κ1) is 36.9. The van der Waals surface area contributed by atoms with Crippen LogP contribution in [0.3, 0.4) is 0 Å². The molecular weight excluding hydrogens is 682 g/mol. The number of rotatable bonds is 6. The van der Waals surface area contributed by atoms with Crippen molar-refractivity contribution in [1.82, 2.24) is 4.98 Å². The number of amides is 3. The molecule has 10 nitrogen and oxygen atoms in total. The molecule has 13 heteroatoms. The maximum atomic E-state index is 12.7. The number of nitrogens with zero attached hydrogens (tertiary/aromatic N) is 1. The van der Waals surface area contributed by atoms with Crippen LogP contribution in [0.4, 0.5) is 32.3 Å². The number of nitrogens with two attached hydrogens (primary N) is 1. The van der Waals surface area contributed by atoms with E-state index in [0.29, 0.717) is 33.5 Å². The second kappa shape index (κ2) is 16.0. The van der Waals surface area contributed by atoms with Gasteiger partial charge < -0.3 is 20.5 Å². The third-order valence-electron chi connectivity index (χ3n) is 6.29. The summed E-state index contributed by atoms with van der Waals surface area (Å²) in [6.45, 7) is 10.8. The van der Waals surface area contributed by atoms with Gasteiger partial charge >= 0.3 is 12.2 Å². The van der Waals surface area contributed by atoms with Gasteiger partial charge in [0, 0.05) is 6.20 Å². The molecule has 5 N–H and O–H groups in total. The van der Waals surface area contributed by atoms with Gasteiger partial charge in [0.05, 0.1) is 28.3 Å². The van der Waals surface area contributed by atoms with Gasteiger partial charge in [0.1, 0.15) is 16.4 Å². The number of anilines is 4. The van der Waals surface area contributed by atoms with Gasteiger partial charge in [-0.3, -0.25) is 15.4 Å². The Balaban J connectivity index is 0.000000237. The van der Waals surface area contributed by atoms with E-state index in [1.807, 2.05) is 67.2 Å². The summed E-state index contributed by atoms with van der Waals surface area (Å²) in [7, 11) is 0. The number of hydrogen-bond acceptors (Lipinski definition) is 9. The van der Waals surface area contributed by atoms with Crippen molar-refractivity contribution in [1.29, 1.82) is 0 Å². The summed E-state index contributed by atoms with van der Waals surface area (Å²) in [6.07, 6.45) is 0.276. The number of pyridine rings is 1. The lowest BCUT2D eigenvalue weighted by atomic mass is 10.1. The van der Waals surface area contributed by atoms with Crippen LogP contribution in [-0.4, -0.2) is 34.3 Å². The van der Waals surface area contributed by atoms with E-state index in [2.05, 4.69) is 26.3 Å². The van der Waals surface area contributed by atoms with Crippen LogP contribution >= 0.6 is 34.3 Å². The molecule has 0 aliphatic heterocycles. The van der Waals surface area contributed by atoms with Crippen LogP contribution in [0.2, 0.25) is 5.15 Å². The van der Waals surface area contributed by atoms with E-state index in [1.54, 1.807) is 67.7 Å². The van der Waals surface area contributed by atoms with Crippen LogP contribution in [0.25, 0.3) is 22.3 Å². The summed E-state index contributed by atoms with van der Waals surface area (Å²) in [5.74, 6) is -0.371. The van der Waals surface area contributed by atoms with Gasteiger partial charge in [-0.15, -0.1) is 0 Å². The second-order valence-corrected chi connectivity index (χ2v) is 14.6. The van der Waals surface area contributed by atoms with E-state index < -0.39 is 23.4 Å². The summed E-state index contributed by atoms with van der Waals surface area (Å²) in [5.41, 5.74) is 11.1. The smallest absolute Gasteiger partial charge is 0.412 e. The number of benzene rings is 2. The normalized spacial score (nSPS) is 11.1. The average Bonchev–Trinajstić information content (AvgIpc) is 3.73. The van der Waals surface area contributed by atoms with Gasteiger partial charge in [0.25, 0.3) is 5.91 Å². The number of nitrogen functional groups attached to an aromatic ring is 1. The van der Waals surface area contributed by atoms with E-state index in [0.717, 1.165) is 22.3 Å². The average molecular weight is 720 g/mol. The molecule has 0 aliphatic rings. The molecule has 256 valence electrons. The molecule has 0 fully saturated rings. The highest BCUT2D eigenvalue weighted by Crippen LogP contribution is 2.32. The standard InChI is InChI=1S/C21H20ClN3O3S.C15H18N2O2S/c1-21(2,3)28-20(27)25-16-6-4-13(15-8-9-29-12-15)10-17(16)24-19(26)14-5-7-18(22)23-11-14;1-15(2,3)19-14(18)17-13-5-4-10(8-12(13)16)11-6-7-20-9-11/h4-12H,1-3H3,(H,24,26)(H,25,27);4-9H,16H2,1-3H3,(H,17,18). The number of aromatic nitrogens is 1. The summed E-state index contributed by atoms with van der Waals surface area (Å²) in [5, 5.41) is 16.5. The number of carbonyl (C=O) groups excluding carboxylic acids is 3. The molecule has 0 bridgehead atoms. The molecule has 3 amide bonds. The molecule has 49 heavy (non-hydrogen) atoms. The fourth-order valence-electron chi connectivity index (χ4n) is 4.18. The zero-order valence-corrected chi connectivity index (χ0v) is 30.3. The van der Waals surface area contributed by atoms with Gasteiger partial charge in [-0.2, -0.15) is 22.7 Å². The van der Waals surface area contributed by atoms with Crippen molar-refractivity contribution in [2.45, 2.75) is 52.7 Å². The topological polar surface area (TPSA) is 145 Å². The molecule has 0 atom stereocenters. The summed E-state index contributed by atoms with van der Waals surface area (Å²) < 4.78 is 10.5. The molecule has 0 aliphatic carbocycles. The first-order valence-electron chi connectivity index (χ1n) is 15.1. The van der Waals surface area contributed by atoms with Crippen molar-refractivity contribution in [3.63, 3.8) is 0 Å². The van der Waals surface area contributed by atoms with Crippen molar-refractivity contribution >= 4 is 75.1 Å². The number of nitrogens with one attached hydrogen (secondary N) is 3. The second-order valence-electron chi connectivity index (χ2n) is 12.7. The third kappa shape index (κ3) is 11.6. The van der Waals surface area contributed by atoms with E-state index >= 15 is 0 Å². The van der Waals surface area contributed by atoms with Gasteiger partial charge in [-0.1, -0.05) is 23.7 Å². The van der Waals surface area contributed by atoms with Crippen LogP contribution in [0.1, 0.15) is 51.9 Å². The Hall–Kier alpha value is -4.91. The number of thiophene rings is 2. The lowest BCUT2D eigenvalue weighted by Crippen LogP contribution is -2.27. The Morgan fingerprint density at radius 3 is 1.67 bits per heavy atom. The highest BCUT2D eigenvalue weighted by molar-refractivity contribution is 7.08. The van der Waals surface area contributed by atoms with Gasteiger partial charge in [0.2, 0.25) is 0 Å². The molecule has 5 rings (SSSR count). The Morgan fingerprint density at radius 2 is 1.20 bits per heavy atom. The quantitative estimate of drug-likeness (QED) is 0.101. The molecule has 0 saturated heterocycles.